The fraction of sp³-hybridized carbons (Fsp3) is 0.379. The van der Waals surface area contributed by atoms with E-state index in [9.17, 15) is 9.59 Å². The van der Waals surface area contributed by atoms with Crippen LogP contribution in [0.4, 0.5) is 5.69 Å². The van der Waals surface area contributed by atoms with Gasteiger partial charge in [-0.2, -0.15) is 0 Å². The van der Waals surface area contributed by atoms with Gasteiger partial charge in [-0.1, -0.05) is 80.7 Å². The number of carbonyl (C=O) groups is 2. The normalized spacial score (nSPS) is 21.9. The maximum absolute atomic E-state index is 13.8. The Kier molecular flexibility index (Phi) is 5.98. The molecule has 3 nitrogen and oxygen atoms in total. The number of hydrogen-bond acceptors (Lipinski definition) is 3. The monoisotopic (exact) mass is 527 g/mol. The third-order valence-corrected chi connectivity index (χ3v) is 8.35. The van der Waals surface area contributed by atoms with Crippen molar-refractivity contribution in [3.63, 3.8) is 0 Å². The highest BCUT2D eigenvalue weighted by Gasteiger charge is 2.49. The molecule has 0 saturated heterocycles. The van der Waals surface area contributed by atoms with Crippen molar-refractivity contribution in [2.75, 3.05) is 4.90 Å². The summed E-state index contributed by atoms with van der Waals surface area (Å²) in [5.74, 6) is -0.272. The van der Waals surface area contributed by atoms with Crippen molar-refractivity contribution in [2.45, 2.75) is 59.3 Å². The molecule has 182 valence electrons. The fourth-order valence-corrected chi connectivity index (χ4v) is 6.42. The first kappa shape index (κ1) is 24.6. The van der Waals surface area contributed by atoms with Crippen molar-refractivity contribution < 1.29 is 9.59 Å². The van der Waals surface area contributed by atoms with Crippen LogP contribution in [-0.4, -0.2) is 11.6 Å². The van der Waals surface area contributed by atoms with Gasteiger partial charge in [-0.25, -0.2) is 0 Å². The Morgan fingerprint density at radius 1 is 0.743 bits per heavy atom. The Hall–Kier alpha value is -2.07. The summed E-state index contributed by atoms with van der Waals surface area (Å²) in [6, 6.07) is 13.1. The van der Waals surface area contributed by atoms with Gasteiger partial charge >= 0.3 is 0 Å². The molecule has 2 aromatic rings. The molecule has 0 saturated carbocycles. The highest BCUT2D eigenvalue weighted by atomic mass is 35.5. The summed E-state index contributed by atoms with van der Waals surface area (Å²) in [6.07, 6.45) is 2.23. The quantitative estimate of drug-likeness (QED) is 0.392. The summed E-state index contributed by atoms with van der Waals surface area (Å²) in [5.41, 5.74) is 4.38. The van der Waals surface area contributed by atoms with Crippen molar-refractivity contribution >= 4 is 52.1 Å². The summed E-state index contributed by atoms with van der Waals surface area (Å²) in [7, 11) is 0. The number of anilines is 1. The molecule has 0 atom stereocenters. The molecule has 6 heteroatoms. The first-order valence-electron chi connectivity index (χ1n) is 11.9. The van der Waals surface area contributed by atoms with Crippen LogP contribution in [-0.2, 0) is 9.59 Å². The van der Waals surface area contributed by atoms with Crippen LogP contribution in [0.3, 0.4) is 0 Å². The first-order chi connectivity index (χ1) is 16.4. The van der Waals surface area contributed by atoms with Crippen molar-refractivity contribution in [2.24, 2.45) is 10.8 Å². The minimum Gasteiger partial charge on any atom is -0.315 e. The second kappa shape index (κ2) is 8.50. The Balaban J connectivity index is 1.86. The van der Waals surface area contributed by atoms with Crippen molar-refractivity contribution in [3.05, 3.63) is 85.6 Å². The molecule has 0 aromatic heterocycles. The smallest absolute Gasteiger partial charge is 0.162 e. The van der Waals surface area contributed by atoms with Gasteiger partial charge in [0.1, 0.15) is 0 Å². The zero-order valence-electron chi connectivity index (χ0n) is 20.3. The molecular weight excluding hydrogens is 501 g/mol. The highest BCUT2D eigenvalue weighted by molar-refractivity contribution is 6.43. The van der Waals surface area contributed by atoms with E-state index in [4.69, 9.17) is 34.8 Å². The van der Waals surface area contributed by atoms with E-state index in [1.165, 1.54) is 0 Å². The zero-order valence-corrected chi connectivity index (χ0v) is 22.6. The minimum absolute atomic E-state index is 0.0727. The van der Waals surface area contributed by atoms with Gasteiger partial charge in [-0.15, -0.1) is 0 Å². The molecule has 35 heavy (non-hydrogen) atoms. The summed E-state index contributed by atoms with van der Waals surface area (Å²) in [4.78, 5) is 29.7. The van der Waals surface area contributed by atoms with Gasteiger partial charge in [-0.05, 0) is 53.5 Å². The number of rotatable bonds is 2. The lowest BCUT2D eigenvalue weighted by atomic mass is 9.63. The van der Waals surface area contributed by atoms with Gasteiger partial charge in [0.05, 0.1) is 15.7 Å². The summed E-state index contributed by atoms with van der Waals surface area (Å²) in [6.45, 7) is 8.46. The molecule has 3 aliphatic rings. The molecule has 0 unspecified atom stereocenters. The summed E-state index contributed by atoms with van der Waals surface area (Å²) >= 11 is 19.4. The van der Waals surface area contributed by atoms with Crippen LogP contribution in [0.2, 0.25) is 15.1 Å². The topological polar surface area (TPSA) is 37.4 Å². The molecule has 2 aromatic carbocycles. The minimum atomic E-state index is -0.418. The molecule has 1 heterocycles. The molecule has 0 radical (unpaired) electrons. The van der Waals surface area contributed by atoms with Crippen molar-refractivity contribution in [1.29, 1.82) is 0 Å². The van der Waals surface area contributed by atoms with E-state index >= 15 is 0 Å². The predicted octanol–water partition coefficient (Wildman–Crippen LogP) is 8.54. The van der Waals surface area contributed by atoms with Crippen LogP contribution >= 0.6 is 34.8 Å². The third-order valence-electron chi connectivity index (χ3n) is 7.29. The standard InChI is InChI=1S/C29H28Cl3NO2/c1-28(2)12-20-25(22(34)14-28)24(16-8-10-17(30)11-9-16)26-21(13-29(3,4)15-23(26)35)33(20)19-7-5-6-18(31)27(19)32/h5-11,24H,12-15H2,1-4H3. The SMILES string of the molecule is CC1(C)CC(=O)C2=C(C1)N(c1cccc(Cl)c1Cl)C1=C(C(=O)CC(C)(C)C1)C2c1ccc(Cl)cc1. The fourth-order valence-electron chi connectivity index (χ4n) is 5.91. The van der Waals surface area contributed by atoms with Gasteiger partial charge in [0.2, 0.25) is 0 Å². The van der Waals surface area contributed by atoms with Crippen LogP contribution in [0.25, 0.3) is 0 Å². The van der Waals surface area contributed by atoms with Gasteiger partial charge in [-0.3, -0.25) is 9.59 Å². The molecule has 0 fully saturated rings. The predicted molar refractivity (Wildman–Crippen MR) is 143 cm³/mol. The number of hydrogen-bond donors (Lipinski definition) is 0. The largest absolute Gasteiger partial charge is 0.315 e. The molecule has 0 amide bonds. The molecule has 5 rings (SSSR count). The summed E-state index contributed by atoms with van der Waals surface area (Å²) < 4.78 is 0. The number of Topliss-reactive ketones (excluding diaryl/α,β-unsaturated/α-hetero) is 2. The maximum atomic E-state index is 13.8. The molecule has 2 aliphatic carbocycles. The molecular formula is C29H28Cl3NO2. The second-order valence-electron chi connectivity index (χ2n) is 11.5. The average Bonchev–Trinajstić information content (AvgIpc) is 2.74. The molecule has 0 bridgehead atoms. The second-order valence-corrected chi connectivity index (χ2v) is 12.7. The Morgan fingerprint density at radius 3 is 1.77 bits per heavy atom. The molecule has 0 spiro atoms. The third kappa shape index (κ3) is 4.26. The van der Waals surface area contributed by atoms with E-state index in [1.54, 1.807) is 6.07 Å². The van der Waals surface area contributed by atoms with Crippen LogP contribution in [0.1, 0.15) is 64.9 Å². The van der Waals surface area contributed by atoms with Gasteiger partial charge in [0.15, 0.2) is 11.6 Å². The number of carbonyl (C=O) groups excluding carboxylic acids is 2. The Morgan fingerprint density at radius 2 is 1.26 bits per heavy atom. The van der Waals surface area contributed by atoms with E-state index in [0.29, 0.717) is 57.6 Å². The van der Waals surface area contributed by atoms with Crippen LogP contribution in [0.5, 0.6) is 0 Å². The van der Waals surface area contributed by atoms with Gasteiger partial charge in [0, 0.05) is 46.3 Å². The van der Waals surface area contributed by atoms with E-state index in [2.05, 4.69) is 32.6 Å². The summed E-state index contributed by atoms with van der Waals surface area (Å²) in [5, 5.41) is 1.48. The van der Waals surface area contributed by atoms with Crippen LogP contribution < -0.4 is 4.90 Å². The number of halogens is 3. The Labute approximate surface area is 221 Å². The lowest BCUT2D eigenvalue weighted by Gasteiger charge is -2.49. The van der Waals surface area contributed by atoms with Crippen molar-refractivity contribution in [3.8, 4) is 0 Å². The molecule has 1 aliphatic heterocycles. The number of benzene rings is 2. The van der Waals surface area contributed by atoms with Crippen LogP contribution in [0.15, 0.2) is 65.0 Å². The number of nitrogens with zero attached hydrogens (tertiary/aromatic N) is 1. The molecule has 0 N–H and O–H groups in total. The van der Waals surface area contributed by atoms with E-state index in [-0.39, 0.29) is 22.4 Å². The zero-order chi connectivity index (χ0) is 25.3. The van der Waals surface area contributed by atoms with Gasteiger partial charge in [0.25, 0.3) is 0 Å². The van der Waals surface area contributed by atoms with E-state index < -0.39 is 5.92 Å². The van der Waals surface area contributed by atoms with Crippen molar-refractivity contribution in [1.82, 2.24) is 0 Å². The Bertz CT molecular complexity index is 1260. The lowest BCUT2D eigenvalue weighted by Crippen LogP contribution is -2.44. The van der Waals surface area contributed by atoms with Crippen LogP contribution in [0, 0.1) is 10.8 Å². The van der Waals surface area contributed by atoms with E-state index in [0.717, 1.165) is 17.0 Å². The number of allylic oxidation sites excluding steroid dienone is 4. The maximum Gasteiger partial charge on any atom is 0.162 e. The first-order valence-corrected chi connectivity index (χ1v) is 13.0. The van der Waals surface area contributed by atoms with Gasteiger partial charge < -0.3 is 4.90 Å². The number of ketones is 2. The lowest BCUT2D eigenvalue weighted by molar-refractivity contribution is -0.119. The highest BCUT2D eigenvalue weighted by Crippen LogP contribution is 2.56. The average molecular weight is 529 g/mol. The van der Waals surface area contributed by atoms with E-state index in [1.807, 2.05) is 36.4 Å².